The molecule has 1 unspecified atom stereocenters. The summed E-state index contributed by atoms with van der Waals surface area (Å²) in [6, 6.07) is 15.3. The van der Waals surface area contributed by atoms with E-state index in [1.165, 1.54) is 4.90 Å². The van der Waals surface area contributed by atoms with E-state index in [9.17, 15) is 14.4 Å². The third-order valence-corrected chi connectivity index (χ3v) is 7.31. The summed E-state index contributed by atoms with van der Waals surface area (Å²) in [4.78, 5) is 48.6. The van der Waals surface area contributed by atoms with E-state index in [0.29, 0.717) is 62.2 Å². The number of nitrogens with two attached hydrogens (primary N) is 1. The van der Waals surface area contributed by atoms with Crippen LogP contribution >= 0.6 is 11.6 Å². The van der Waals surface area contributed by atoms with Gasteiger partial charge in [-0.25, -0.2) is 9.78 Å². The molecular weight excluding hydrogens is 520 g/mol. The topological polar surface area (TPSA) is 121 Å². The fourth-order valence-corrected chi connectivity index (χ4v) is 5.18. The van der Waals surface area contributed by atoms with Crippen molar-refractivity contribution in [1.29, 1.82) is 0 Å². The van der Waals surface area contributed by atoms with Crippen LogP contribution in [0.3, 0.4) is 0 Å². The number of amides is 4. The summed E-state index contributed by atoms with van der Waals surface area (Å²) in [5.41, 5.74) is 7.71. The number of para-hydroxylation sites is 1. The number of piperazine rings is 1. The van der Waals surface area contributed by atoms with Gasteiger partial charge in [0, 0.05) is 54.9 Å². The molecule has 204 valence electrons. The smallest absolute Gasteiger partial charge is 0.318 e. The van der Waals surface area contributed by atoms with Gasteiger partial charge in [-0.3, -0.25) is 14.5 Å². The number of likely N-dealkylation sites (tertiary alicyclic amines) is 1. The molecule has 3 aromatic rings. The Bertz CT molecular complexity index is 1360. The van der Waals surface area contributed by atoms with Crippen molar-refractivity contribution in [1.82, 2.24) is 20.1 Å². The number of halogens is 1. The van der Waals surface area contributed by atoms with Crippen LogP contribution in [-0.4, -0.2) is 78.0 Å². The first kappa shape index (κ1) is 26.6. The number of rotatable bonds is 5. The monoisotopic (exact) mass is 550 g/mol. The standard InChI is InChI=1S/C28H31ClN6O4/c29-19-9-10-21-23(16-19)31-25(30)17-24(21)33-12-14-34(15-13-33)28(38)32-22-8-4-5-11-35(27(22)37)26(36)18-39-20-6-2-1-3-7-20/h1-3,6-7,9-10,16-17,22H,4-5,8,11-15,18H2,(H2,30,31)(H,32,38). The molecule has 1 atom stereocenters. The lowest BCUT2D eigenvalue weighted by Crippen LogP contribution is -2.56. The van der Waals surface area contributed by atoms with Gasteiger partial charge in [0.2, 0.25) is 0 Å². The Morgan fingerprint density at radius 2 is 1.79 bits per heavy atom. The molecule has 2 saturated heterocycles. The molecule has 0 radical (unpaired) electrons. The van der Waals surface area contributed by atoms with Crippen molar-refractivity contribution in [3.63, 3.8) is 0 Å². The minimum atomic E-state index is -0.757. The molecule has 0 spiro atoms. The van der Waals surface area contributed by atoms with Gasteiger partial charge >= 0.3 is 6.03 Å². The molecule has 0 bridgehead atoms. The van der Waals surface area contributed by atoms with E-state index in [1.54, 1.807) is 23.1 Å². The zero-order chi connectivity index (χ0) is 27.4. The molecule has 0 saturated carbocycles. The van der Waals surface area contributed by atoms with Crippen LogP contribution < -0.4 is 20.7 Å². The van der Waals surface area contributed by atoms with Crippen molar-refractivity contribution in [3.05, 3.63) is 59.6 Å². The Morgan fingerprint density at radius 3 is 2.56 bits per heavy atom. The first-order valence-corrected chi connectivity index (χ1v) is 13.4. The van der Waals surface area contributed by atoms with Crippen molar-refractivity contribution < 1.29 is 19.1 Å². The number of carbonyl (C=O) groups is 3. The van der Waals surface area contributed by atoms with Crippen LogP contribution in [0, 0.1) is 0 Å². The first-order valence-electron chi connectivity index (χ1n) is 13.1. The number of urea groups is 1. The molecular formula is C28H31ClN6O4. The summed E-state index contributed by atoms with van der Waals surface area (Å²) in [5.74, 6) is 0.158. The lowest BCUT2D eigenvalue weighted by molar-refractivity contribution is -0.146. The molecule has 0 aliphatic carbocycles. The van der Waals surface area contributed by atoms with Gasteiger partial charge in [-0.1, -0.05) is 29.8 Å². The second-order valence-electron chi connectivity index (χ2n) is 9.69. The zero-order valence-corrected chi connectivity index (χ0v) is 22.3. The molecule has 3 N–H and O–H groups in total. The Kier molecular flexibility index (Phi) is 8.02. The van der Waals surface area contributed by atoms with Gasteiger partial charge in [0.25, 0.3) is 11.8 Å². The van der Waals surface area contributed by atoms with E-state index in [2.05, 4.69) is 15.2 Å². The molecule has 4 amide bonds. The highest BCUT2D eigenvalue weighted by Gasteiger charge is 2.33. The molecule has 1 aromatic heterocycles. The average Bonchev–Trinajstić information content (AvgIpc) is 3.12. The predicted octanol–water partition coefficient (Wildman–Crippen LogP) is 3.29. The molecule has 5 rings (SSSR count). The molecule has 3 heterocycles. The third-order valence-electron chi connectivity index (χ3n) is 7.07. The number of anilines is 2. The summed E-state index contributed by atoms with van der Waals surface area (Å²) < 4.78 is 5.55. The van der Waals surface area contributed by atoms with Gasteiger partial charge in [0.05, 0.1) is 5.52 Å². The number of carbonyl (C=O) groups excluding carboxylic acids is 3. The average molecular weight is 551 g/mol. The number of pyridine rings is 1. The molecule has 2 aromatic carbocycles. The number of benzene rings is 2. The van der Waals surface area contributed by atoms with Crippen molar-refractivity contribution in [2.45, 2.75) is 25.3 Å². The highest BCUT2D eigenvalue weighted by atomic mass is 35.5. The number of ether oxygens (including phenoxy) is 1. The van der Waals surface area contributed by atoms with E-state index in [1.807, 2.05) is 36.4 Å². The normalized spacial score (nSPS) is 18.1. The number of fused-ring (bicyclic) bond motifs is 1. The van der Waals surface area contributed by atoms with Gasteiger partial charge in [-0.05, 0) is 49.6 Å². The van der Waals surface area contributed by atoms with Crippen LogP contribution in [0.1, 0.15) is 19.3 Å². The van der Waals surface area contributed by atoms with Gasteiger partial charge in [-0.15, -0.1) is 0 Å². The van der Waals surface area contributed by atoms with Crippen molar-refractivity contribution in [3.8, 4) is 5.75 Å². The van der Waals surface area contributed by atoms with Crippen molar-refractivity contribution >= 4 is 51.9 Å². The lowest BCUT2D eigenvalue weighted by Gasteiger charge is -2.37. The Balaban J connectivity index is 1.18. The highest BCUT2D eigenvalue weighted by Crippen LogP contribution is 2.30. The molecule has 10 nitrogen and oxygen atoms in total. The van der Waals surface area contributed by atoms with Crippen LogP contribution in [0.15, 0.2) is 54.6 Å². The third kappa shape index (κ3) is 6.17. The van der Waals surface area contributed by atoms with E-state index in [0.717, 1.165) is 23.0 Å². The number of hydrogen-bond donors (Lipinski definition) is 2. The SMILES string of the molecule is Nc1cc(N2CCN(C(=O)NC3CCCCN(C(=O)COc4ccccc4)C3=O)CC2)c2ccc(Cl)cc2n1. The summed E-state index contributed by atoms with van der Waals surface area (Å²) in [5, 5.41) is 4.41. The summed E-state index contributed by atoms with van der Waals surface area (Å²) in [6.07, 6.45) is 1.90. The first-order chi connectivity index (χ1) is 18.9. The van der Waals surface area contributed by atoms with Gasteiger partial charge in [-0.2, -0.15) is 0 Å². The minimum Gasteiger partial charge on any atom is -0.484 e. The van der Waals surface area contributed by atoms with Gasteiger partial charge < -0.3 is 25.6 Å². The molecule has 2 fully saturated rings. The van der Waals surface area contributed by atoms with Crippen molar-refractivity contribution in [2.75, 3.05) is 50.0 Å². The molecule has 11 heteroatoms. The van der Waals surface area contributed by atoms with Crippen LogP contribution in [0.4, 0.5) is 16.3 Å². The van der Waals surface area contributed by atoms with E-state index in [4.69, 9.17) is 22.1 Å². The lowest BCUT2D eigenvalue weighted by atomic mass is 10.1. The maximum absolute atomic E-state index is 13.2. The number of imide groups is 1. The number of aromatic nitrogens is 1. The summed E-state index contributed by atoms with van der Waals surface area (Å²) >= 11 is 6.13. The number of nitrogen functional groups attached to an aromatic ring is 1. The molecule has 2 aliphatic heterocycles. The Hall–Kier alpha value is -4.05. The fraction of sp³-hybridized carbons (Fsp3) is 0.357. The van der Waals surface area contributed by atoms with Crippen LogP contribution in [0.2, 0.25) is 5.02 Å². The number of nitrogens with one attached hydrogen (secondary N) is 1. The number of hydrogen-bond acceptors (Lipinski definition) is 7. The second kappa shape index (κ2) is 11.8. The van der Waals surface area contributed by atoms with Crippen LogP contribution in [0.5, 0.6) is 5.75 Å². The summed E-state index contributed by atoms with van der Waals surface area (Å²) in [6.45, 7) is 2.20. The minimum absolute atomic E-state index is 0.237. The van der Waals surface area contributed by atoms with Gasteiger partial charge in [0.1, 0.15) is 17.6 Å². The van der Waals surface area contributed by atoms with Crippen molar-refractivity contribution in [2.24, 2.45) is 0 Å². The van der Waals surface area contributed by atoms with Crippen LogP contribution in [-0.2, 0) is 9.59 Å². The van der Waals surface area contributed by atoms with E-state index in [-0.39, 0.29) is 12.6 Å². The zero-order valence-electron chi connectivity index (χ0n) is 21.5. The van der Waals surface area contributed by atoms with E-state index >= 15 is 0 Å². The maximum Gasteiger partial charge on any atom is 0.318 e. The molecule has 39 heavy (non-hydrogen) atoms. The highest BCUT2D eigenvalue weighted by molar-refractivity contribution is 6.31. The second-order valence-corrected chi connectivity index (χ2v) is 10.1. The predicted molar refractivity (Wildman–Crippen MR) is 150 cm³/mol. The quantitative estimate of drug-likeness (QED) is 0.500. The fourth-order valence-electron chi connectivity index (χ4n) is 5.02. The Morgan fingerprint density at radius 1 is 1.03 bits per heavy atom. The number of nitrogens with zero attached hydrogens (tertiary/aromatic N) is 4. The summed E-state index contributed by atoms with van der Waals surface area (Å²) in [7, 11) is 0. The largest absolute Gasteiger partial charge is 0.484 e. The maximum atomic E-state index is 13.2. The van der Waals surface area contributed by atoms with Gasteiger partial charge in [0.15, 0.2) is 6.61 Å². The Labute approximate surface area is 231 Å². The van der Waals surface area contributed by atoms with Crippen LogP contribution in [0.25, 0.3) is 10.9 Å². The molecule has 2 aliphatic rings. The van der Waals surface area contributed by atoms with E-state index < -0.39 is 17.9 Å².